The van der Waals surface area contributed by atoms with Crippen LogP contribution in [0.3, 0.4) is 0 Å². The van der Waals surface area contributed by atoms with Gasteiger partial charge < -0.3 is 20.7 Å². The zero-order valence-corrected chi connectivity index (χ0v) is 10.8. The molecule has 19 heavy (non-hydrogen) atoms. The second-order valence-electron chi connectivity index (χ2n) is 4.66. The van der Waals surface area contributed by atoms with Crippen molar-refractivity contribution in [2.45, 2.75) is 31.7 Å². The molecule has 1 aromatic rings. The number of carbonyl (C=O) groups excluding carboxylic acids is 1. The minimum Gasteiger partial charge on any atom is -0.364 e. The molecule has 8 nitrogen and oxygen atoms in total. The van der Waals surface area contributed by atoms with Gasteiger partial charge in [0.1, 0.15) is 0 Å². The molecule has 1 aliphatic carbocycles. The Labute approximate surface area is 110 Å². The highest BCUT2D eigenvalue weighted by Gasteiger charge is 2.23. The fraction of sp³-hybridized carbons (Fsp3) is 0.636. The molecule has 8 heteroatoms. The number of carbonyl (C=O) groups is 1. The lowest BCUT2D eigenvalue weighted by atomic mass is 10.3. The van der Waals surface area contributed by atoms with Crippen LogP contribution in [0.5, 0.6) is 0 Å². The van der Waals surface area contributed by atoms with Crippen molar-refractivity contribution in [3.8, 4) is 0 Å². The van der Waals surface area contributed by atoms with Crippen LogP contribution in [0.25, 0.3) is 0 Å². The Kier molecular flexibility index (Phi) is 3.98. The smallest absolute Gasteiger partial charge is 0.364 e. The van der Waals surface area contributed by atoms with Crippen LogP contribution in [0.2, 0.25) is 0 Å². The summed E-state index contributed by atoms with van der Waals surface area (Å²) >= 11 is 0. The van der Waals surface area contributed by atoms with E-state index >= 15 is 0 Å². The van der Waals surface area contributed by atoms with E-state index in [1.807, 2.05) is 0 Å². The van der Waals surface area contributed by atoms with Crippen molar-refractivity contribution in [1.82, 2.24) is 14.9 Å². The molecule has 1 fully saturated rings. The van der Waals surface area contributed by atoms with E-state index in [9.17, 15) is 14.9 Å². The molecule has 1 aromatic heterocycles. The molecule has 2 N–H and O–H groups in total. The molecule has 0 radical (unpaired) electrons. The molecule has 0 unspecified atom stereocenters. The third-order valence-electron chi connectivity index (χ3n) is 2.91. The molecule has 0 bridgehead atoms. The molecule has 1 saturated carbocycles. The summed E-state index contributed by atoms with van der Waals surface area (Å²) in [5, 5.41) is 16.6. The Balaban J connectivity index is 1.74. The van der Waals surface area contributed by atoms with Crippen molar-refractivity contribution in [2.75, 3.05) is 11.9 Å². The first kappa shape index (κ1) is 13.3. The highest BCUT2D eigenvalue weighted by atomic mass is 16.6. The number of anilines is 1. The summed E-state index contributed by atoms with van der Waals surface area (Å²) in [6.45, 7) is 0.498. The molecule has 0 atom stereocenters. The number of nitrogens with zero attached hydrogens (tertiary/aromatic N) is 3. The van der Waals surface area contributed by atoms with Crippen molar-refractivity contribution < 1.29 is 9.72 Å². The fourth-order valence-corrected chi connectivity index (χ4v) is 1.74. The highest BCUT2D eigenvalue weighted by Crippen LogP contribution is 2.21. The van der Waals surface area contributed by atoms with Gasteiger partial charge in [-0.1, -0.05) is 0 Å². The van der Waals surface area contributed by atoms with Crippen LogP contribution in [0.4, 0.5) is 11.6 Å². The maximum Gasteiger partial charge on any atom is 0.406 e. The average molecular weight is 267 g/mol. The highest BCUT2D eigenvalue weighted by molar-refractivity contribution is 5.76. The van der Waals surface area contributed by atoms with E-state index in [0.717, 1.165) is 12.8 Å². The lowest BCUT2D eigenvalue weighted by molar-refractivity contribution is -0.388. The zero-order valence-electron chi connectivity index (χ0n) is 10.8. The molecule has 104 valence electrons. The summed E-state index contributed by atoms with van der Waals surface area (Å²) in [4.78, 5) is 25.3. The maximum atomic E-state index is 11.4. The zero-order chi connectivity index (χ0) is 13.8. The van der Waals surface area contributed by atoms with Crippen LogP contribution in [-0.4, -0.2) is 33.0 Å². The topological polar surface area (TPSA) is 102 Å². The lowest BCUT2D eigenvalue weighted by Crippen LogP contribution is -2.25. The molecule has 0 aromatic carbocycles. The number of imidazole rings is 1. The number of aryl methyl sites for hydroxylation is 1. The van der Waals surface area contributed by atoms with E-state index < -0.39 is 4.92 Å². The number of nitrogens with one attached hydrogen (secondary N) is 2. The minimum atomic E-state index is -0.526. The van der Waals surface area contributed by atoms with Crippen LogP contribution in [0.1, 0.15) is 25.7 Å². The maximum absolute atomic E-state index is 11.4. The molecule has 1 amide bonds. The van der Waals surface area contributed by atoms with Gasteiger partial charge in [-0.15, -0.1) is 0 Å². The molecular formula is C11H17N5O3. The van der Waals surface area contributed by atoms with Gasteiger partial charge in [0, 0.05) is 26.1 Å². The Hall–Kier alpha value is -2.12. The van der Waals surface area contributed by atoms with Crippen molar-refractivity contribution in [2.24, 2.45) is 7.05 Å². The number of aromatic nitrogens is 2. The summed E-state index contributed by atoms with van der Waals surface area (Å²) in [6.07, 6.45) is 4.59. The second-order valence-corrected chi connectivity index (χ2v) is 4.66. The van der Waals surface area contributed by atoms with Crippen LogP contribution in [0, 0.1) is 10.1 Å². The summed E-state index contributed by atoms with van der Waals surface area (Å²) in [6, 6.07) is 0.374. The first-order chi connectivity index (χ1) is 9.08. The van der Waals surface area contributed by atoms with E-state index in [1.165, 1.54) is 6.33 Å². The Morgan fingerprint density at radius 2 is 2.37 bits per heavy atom. The predicted octanol–water partition coefficient (Wildman–Crippen LogP) is 0.799. The number of rotatable bonds is 7. The van der Waals surface area contributed by atoms with Crippen molar-refractivity contribution in [1.29, 1.82) is 0 Å². The van der Waals surface area contributed by atoms with Gasteiger partial charge in [0.05, 0.1) is 0 Å². The first-order valence-electron chi connectivity index (χ1n) is 6.27. The summed E-state index contributed by atoms with van der Waals surface area (Å²) in [5.74, 6) is 0.223. The molecule has 1 heterocycles. The Morgan fingerprint density at radius 3 is 3.00 bits per heavy atom. The summed E-state index contributed by atoms with van der Waals surface area (Å²) < 4.78 is 1.56. The number of hydrogen-bond acceptors (Lipinski definition) is 5. The molecule has 0 aliphatic heterocycles. The van der Waals surface area contributed by atoms with Gasteiger partial charge in [-0.05, 0) is 29.2 Å². The molecule has 2 rings (SSSR count). The van der Waals surface area contributed by atoms with Crippen LogP contribution >= 0.6 is 0 Å². The Bertz CT molecular complexity index is 481. The summed E-state index contributed by atoms with van der Waals surface area (Å²) in [7, 11) is 1.68. The van der Waals surface area contributed by atoms with E-state index in [2.05, 4.69) is 15.6 Å². The van der Waals surface area contributed by atoms with E-state index in [-0.39, 0.29) is 11.7 Å². The van der Waals surface area contributed by atoms with Crippen LogP contribution < -0.4 is 10.6 Å². The number of amides is 1. The normalized spacial score (nSPS) is 14.2. The predicted molar refractivity (Wildman–Crippen MR) is 68.8 cm³/mol. The largest absolute Gasteiger partial charge is 0.406 e. The standard InChI is InChI=1S/C11H17N5O3/c1-15-7-13-11(16(18)19)10(15)12-6-2-3-9(17)14-8-4-5-8/h7-8,12H,2-6H2,1H3,(H,14,17). The minimum absolute atomic E-state index is 0.0452. The van der Waals surface area contributed by atoms with E-state index in [4.69, 9.17) is 0 Å². The second kappa shape index (κ2) is 5.68. The molecular weight excluding hydrogens is 250 g/mol. The quantitative estimate of drug-likeness (QED) is 0.432. The third kappa shape index (κ3) is 3.67. The first-order valence-corrected chi connectivity index (χ1v) is 6.27. The van der Waals surface area contributed by atoms with Crippen molar-refractivity contribution in [3.05, 3.63) is 16.4 Å². The lowest BCUT2D eigenvalue weighted by Gasteiger charge is -2.06. The van der Waals surface area contributed by atoms with Gasteiger partial charge in [0.2, 0.25) is 18.1 Å². The van der Waals surface area contributed by atoms with Crippen LogP contribution in [0.15, 0.2) is 6.33 Å². The van der Waals surface area contributed by atoms with Gasteiger partial charge in [-0.25, -0.2) is 0 Å². The molecule has 1 aliphatic rings. The number of hydrogen-bond donors (Lipinski definition) is 2. The van der Waals surface area contributed by atoms with Crippen molar-refractivity contribution >= 4 is 17.5 Å². The number of nitro groups is 1. The van der Waals surface area contributed by atoms with Gasteiger partial charge in [-0.2, -0.15) is 0 Å². The summed E-state index contributed by atoms with van der Waals surface area (Å²) in [5.41, 5.74) is 0. The van der Waals surface area contributed by atoms with Gasteiger partial charge in [0.15, 0.2) is 0 Å². The van der Waals surface area contributed by atoms with E-state index in [0.29, 0.717) is 31.2 Å². The Morgan fingerprint density at radius 1 is 1.63 bits per heavy atom. The van der Waals surface area contributed by atoms with Crippen LogP contribution in [-0.2, 0) is 11.8 Å². The third-order valence-corrected chi connectivity index (χ3v) is 2.91. The average Bonchev–Trinajstić information content (AvgIpc) is 3.07. The van der Waals surface area contributed by atoms with Gasteiger partial charge in [0.25, 0.3) is 0 Å². The van der Waals surface area contributed by atoms with Crippen molar-refractivity contribution in [3.63, 3.8) is 0 Å². The fourth-order valence-electron chi connectivity index (χ4n) is 1.74. The molecule has 0 spiro atoms. The van der Waals surface area contributed by atoms with E-state index in [1.54, 1.807) is 11.6 Å². The van der Waals surface area contributed by atoms with Gasteiger partial charge >= 0.3 is 5.82 Å². The SMILES string of the molecule is Cn1cnc([N+](=O)[O-])c1NCCCC(=O)NC1CC1. The van der Waals surface area contributed by atoms with Gasteiger partial charge in [-0.3, -0.25) is 9.36 Å². The molecule has 0 saturated heterocycles. The monoisotopic (exact) mass is 267 g/mol.